The Morgan fingerprint density at radius 1 is 1.39 bits per heavy atom. The van der Waals surface area contributed by atoms with Crippen LogP contribution < -0.4 is 5.32 Å². The molecule has 2 saturated heterocycles. The molecule has 0 aliphatic carbocycles. The first-order valence-corrected chi connectivity index (χ1v) is 10.2. The van der Waals surface area contributed by atoms with Crippen molar-refractivity contribution in [3.05, 3.63) is 41.7 Å². The number of benzene rings is 1. The zero-order chi connectivity index (χ0) is 19.5. The number of carbonyl (C=O) groups is 2. The number of para-hydroxylation sites is 1. The third-order valence-corrected chi connectivity index (χ3v) is 7.23. The topological polar surface area (TPSA) is 67.9 Å². The molecule has 5 rings (SSSR count). The van der Waals surface area contributed by atoms with Gasteiger partial charge >= 0.3 is 5.97 Å². The second-order valence-corrected chi connectivity index (χ2v) is 8.37. The number of amides is 1. The highest BCUT2D eigenvalue weighted by atomic mass is 16.5. The van der Waals surface area contributed by atoms with Crippen LogP contribution in [0.15, 0.2) is 36.1 Å². The minimum atomic E-state index is -0.525. The summed E-state index contributed by atoms with van der Waals surface area (Å²) in [6.07, 6.45) is 3.23. The molecule has 1 spiro atoms. The lowest BCUT2D eigenvalue weighted by atomic mass is 9.66. The van der Waals surface area contributed by atoms with Gasteiger partial charge in [-0.2, -0.15) is 0 Å². The average molecular weight is 382 g/mol. The summed E-state index contributed by atoms with van der Waals surface area (Å²) in [6.45, 7) is 5.96. The van der Waals surface area contributed by atoms with E-state index in [0.717, 1.165) is 37.2 Å². The molecular formula is C22H26N2O4. The van der Waals surface area contributed by atoms with E-state index in [0.29, 0.717) is 12.2 Å². The molecule has 148 valence electrons. The molecule has 1 aromatic carbocycles. The lowest BCUT2D eigenvalue weighted by molar-refractivity contribution is -0.141. The van der Waals surface area contributed by atoms with Crippen LogP contribution >= 0.6 is 0 Å². The van der Waals surface area contributed by atoms with Crippen LogP contribution in [0.4, 0.5) is 5.69 Å². The maximum absolute atomic E-state index is 13.2. The molecule has 0 bridgehead atoms. The van der Waals surface area contributed by atoms with Crippen molar-refractivity contribution in [1.29, 1.82) is 0 Å². The molecule has 1 amide bonds. The van der Waals surface area contributed by atoms with E-state index in [2.05, 4.69) is 23.2 Å². The Morgan fingerprint density at radius 3 is 3.04 bits per heavy atom. The number of hydrogen-bond donors (Lipinski definition) is 1. The lowest BCUT2D eigenvalue weighted by Crippen LogP contribution is -2.56. The van der Waals surface area contributed by atoms with Crippen molar-refractivity contribution >= 4 is 17.6 Å². The normalized spacial score (nSPS) is 36.1. The Kier molecular flexibility index (Phi) is 4.02. The van der Waals surface area contributed by atoms with Gasteiger partial charge in [0.2, 0.25) is 5.91 Å². The van der Waals surface area contributed by atoms with Crippen molar-refractivity contribution < 1.29 is 19.1 Å². The zero-order valence-corrected chi connectivity index (χ0v) is 16.3. The summed E-state index contributed by atoms with van der Waals surface area (Å²) in [5.74, 6) is 0.0951. The summed E-state index contributed by atoms with van der Waals surface area (Å²) in [4.78, 5) is 28.2. The molecular weight excluding hydrogens is 356 g/mol. The minimum Gasteiger partial charge on any atom is -0.497 e. The first-order chi connectivity index (χ1) is 13.6. The summed E-state index contributed by atoms with van der Waals surface area (Å²) >= 11 is 0. The van der Waals surface area contributed by atoms with Gasteiger partial charge in [0.1, 0.15) is 0 Å². The van der Waals surface area contributed by atoms with E-state index >= 15 is 0 Å². The number of piperidine rings is 1. The molecule has 28 heavy (non-hydrogen) atoms. The molecule has 0 radical (unpaired) electrons. The maximum atomic E-state index is 13.2. The van der Waals surface area contributed by atoms with Crippen molar-refractivity contribution in [1.82, 2.24) is 4.90 Å². The van der Waals surface area contributed by atoms with Crippen LogP contribution in [0.3, 0.4) is 0 Å². The predicted octanol–water partition coefficient (Wildman–Crippen LogP) is 2.45. The van der Waals surface area contributed by atoms with Crippen LogP contribution in [0.1, 0.15) is 32.3 Å². The van der Waals surface area contributed by atoms with E-state index < -0.39 is 5.41 Å². The number of fused-ring (bicyclic) bond motifs is 5. The fourth-order valence-electron chi connectivity index (χ4n) is 5.87. The molecule has 5 atom stereocenters. The van der Waals surface area contributed by atoms with Gasteiger partial charge in [0.25, 0.3) is 0 Å². The van der Waals surface area contributed by atoms with E-state index in [1.54, 1.807) is 6.26 Å². The second-order valence-electron chi connectivity index (χ2n) is 8.37. The summed E-state index contributed by atoms with van der Waals surface area (Å²) < 4.78 is 11.1. The molecule has 0 aromatic heterocycles. The van der Waals surface area contributed by atoms with Crippen molar-refractivity contribution in [2.75, 3.05) is 25.0 Å². The van der Waals surface area contributed by atoms with Gasteiger partial charge in [0.15, 0.2) is 0 Å². The zero-order valence-electron chi connectivity index (χ0n) is 16.3. The van der Waals surface area contributed by atoms with Crippen LogP contribution in [-0.4, -0.2) is 48.6 Å². The van der Waals surface area contributed by atoms with Crippen LogP contribution in [-0.2, 0) is 24.5 Å². The van der Waals surface area contributed by atoms with Gasteiger partial charge in [-0.1, -0.05) is 18.2 Å². The number of hydrogen-bond acceptors (Lipinski definition) is 5. The van der Waals surface area contributed by atoms with Crippen LogP contribution in [0.25, 0.3) is 0 Å². The van der Waals surface area contributed by atoms with Gasteiger partial charge in [-0.3, -0.25) is 9.69 Å². The van der Waals surface area contributed by atoms with Gasteiger partial charge in [-0.15, -0.1) is 0 Å². The average Bonchev–Trinajstić information content (AvgIpc) is 3.20. The van der Waals surface area contributed by atoms with Gasteiger partial charge in [-0.05, 0) is 44.9 Å². The highest BCUT2D eigenvalue weighted by molar-refractivity contribution is 6.07. The van der Waals surface area contributed by atoms with E-state index in [4.69, 9.17) is 9.47 Å². The quantitative estimate of drug-likeness (QED) is 0.796. The number of nitrogens with one attached hydrogen (secondary N) is 1. The highest BCUT2D eigenvalue weighted by Gasteiger charge is 2.61. The third kappa shape index (κ3) is 2.30. The molecule has 6 nitrogen and oxygen atoms in total. The highest BCUT2D eigenvalue weighted by Crippen LogP contribution is 2.53. The molecule has 4 aliphatic rings. The molecule has 4 aliphatic heterocycles. The van der Waals surface area contributed by atoms with Crippen LogP contribution in [0.5, 0.6) is 0 Å². The number of carbonyl (C=O) groups excluding carboxylic acids is 2. The number of ether oxygens (including phenoxy) is 2. The smallest absolute Gasteiger partial charge is 0.337 e. The van der Waals surface area contributed by atoms with Crippen molar-refractivity contribution in [2.24, 2.45) is 11.8 Å². The van der Waals surface area contributed by atoms with Crippen LogP contribution in [0, 0.1) is 11.8 Å². The molecule has 0 unspecified atom stereocenters. The van der Waals surface area contributed by atoms with E-state index in [1.807, 2.05) is 25.1 Å². The first-order valence-electron chi connectivity index (χ1n) is 10.2. The van der Waals surface area contributed by atoms with E-state index in [1.165, 1.54) is 0 Å². The molecule has 2 fully saturated rings. The fourth-order valence-corrected chi connectivity index (χ4v) is 5.87. The minimum absolute atomic E-state index is 0.0466. The van der Waals surface area contributed by atoms with Gasteiger partial charge in [-0.25, -0.2) is 4.79 Å². The Bertz CT molecular complexity index is 866. The predicted molar refractivity (Wildman–Crippen MR) is 104 cm³/mol. The van der Waals surface area contributed by atoms with Gasteiger partial charge in [0, 0.05) is 30.1 Å². The number of nitrogens with zero attached hydrogens (tertiary/aromatic N) is 1. The summed E-state index contributed by atoms with van der Waals surface area (Å²) in [7, 11) is 0. The monoisotopic (exact) mass is 382 g/mol. The SMILES string of the molecule is CCOC(=O)C1=CO[C@@H](C)[C@H]2CN3CC[C@]4(C(=O)Nc5ccccc54)[C@@H]3C[C@H]12. The lowest BCUT2D eigenvalue weighted by Gasteiger charge is -2.48. The second kappa shape index (κ2) is 6.34. The van der Waals surface area contributed by atoms with E-state index in [-0.39, 0.29) is 35.9 Å². The van der Waals surface area contributed by atoms with Crippen molar-refractivity contribution in [3.63, 3.8) is 0 Å². The largest absolute Gasteiger partial charge is 0.497 e. The Balaban J connectivity index is 1.53. The standard InChI is InChI=1S/C22H26N2O4/c1-3-27-20(25)16-12-28-13(2)15-11-24-9-8-22(19(24)10-14(15)16)17-6-4-5-7-18(17)23-21(22)26/h4-7,12-15,19H,3,8-11H2,1-2H3,(H,23,26)/t13-,14-,15+,19-,22+/m0/s1. The number of anilines is 1. The van der Waals surface area contributed by atoms with Gasteiger partial charge in [0.05, 0.1) is 30.0 Å². The third-order valence-electron chi connectivity index (χ3n) is 7.23. The number of esters is 1. The molecule has 4 heterocycles. The molecule has 0 saturated carbocycles. The summed E-state index contributed by atoms with van der Waals surface area (Å²) in [6, 6.07) is 8.12. The molecule has 1 aromatic rings. The van der Waals surface area contributed by atoms with Gasteiger partial charge < -0.3 is 14.8 Å². The Labute approximate surface area is 164 Å². The molecule has 6 heteroatoms. The van der Waals surface area contributed by atoms with Crippen molar-refractivity contribution in [3.8, 4) is 0 Å². The summed E-state index contributed by atoms with van der Waals surface area (Å²) in [5.41, 5.74) is 2.13. The fraction of sp³-hybridized carbons (Fsp3) is 0.545. The van der Waals surface area contributed by atoms with Crippen LogP contribution in [0.2, 0.25) is 0 Å². The first kappa shape index (κ1) is 17.7. The van der Waals surface area contributed by atoms with E-state index in [9.17, 15) is 9.59 Å². The Morgan fingerprint density at radius 2 is 2.21 bits per heavy atom. The maximum Gasteiger partial charge on any atom is 0.337 e. The van der Waals surface area contributed by atoms with Crippen molar-refractivity contribution in [2.45, 2.75) is 44.2 Å². The summed E-state index contributed by atoms with van der Waals surface area (Å²) in [5, 5.41) is 3.10. The number of rotatable bonds is 2. The molecule has 1 N–H and O–H groups in total. The Hall–Kier alpha value is -2.34.